The molecule has 1 heterocycles. The van der Waals surface area contributed by atoms with Crippen molar-refractivity contribution in [3.8, 4) is 0 Å². The van der Waals surface area contributed by atoms with Gasteiger partial charge in [0.2, 0.25) is 0 Å². The van der Waals surface area contributed by atoms with Crippen molar-refractivity contribution in [3.05, 3.63) is 50.2 Å². The van der Waals surface area contributed by atoms with Gasteiger partial charge in [0.05, 0.1) is 12.2 Å². The molecule has 0 aliphatic carbocycles. The van der Waals surface area contributed by atoms with Gasteiger partial charge in [0.15, 0.2) is 0 Å². The number of carbonyl (C=O) groups is 1. The molecular weight excluding hydrogens is 347 g/mol. The van der Waals surface area contributed by atoms with E-state index in [-0.39, 0.29) is 6.03 Å². The minimum absolute atomic E-state index is 0.178. The molecule has 1 aromatic carbocycles. The number of nitrogens with one attached hydrogen (secondary N) is 2. The zero-order chi connectivity index (χ0) is 12.1. The van der Waals surface area contributed by atoms with Crippen molar-refractivity contribution in [3.63, 3.8) is 0 Å². The van der Waals surface area contributed by atoms with E-state index in [1.165, 1.54) is 0 Å². The van der Waals surface area contributed by atoms with Crippen LogP contribution in [-0.2, 0) is 6.54 Å². The van der Waals surface area contributed by atoms with Gasteiger partial charge in [-0.2, -0.15) is 0 Å². The highest BCUT2D eigenvalue weighted by molar-refractivity contribution is 14.1. The van der Waals surface area contributed by atoms with Crippen LogP contribution in [0.15, 0.2) is 41.8 Å². The molecule has 5 heteroatoms. The summed E-state index contributed by atoms with van der Waals surface area (Å²) in [6, 6.07) is 11.5. The first-order valence-corrected chi connectivity index (χ1v) is 7.03. The lowest BCUT2D eigenvalue weighted by Crippen LogP contribution is -2.28. The fourth-order valence-corrected chi connectivity index (χ4v) is 2.48. The third-order valence-corrected chi connectivity index (χ3v) is 3.94. The molecule has 88 valence electrons. The van der Waals surface area contributed by atoms with Gasteiger partial charge >= 0.3 is 6.03 Å². The van der Waals surface area contributed by atoms with Crippen LogP contribution in [-0.4, -0.2) is 6.03 Å². The molecule has 0 saturated heterocycles. The molecule has 0 aliphatic heterocycles. The Labute approximate surface area is 117 Å². The molecule has 0 atom stereocenters. The Balaban J connectivity index is 1.87. The van der Waals surface area contributed by atoms with Crippen LogP contribution in [0.1, 0.15) is 4.88 Å². The number of rotatable bonds is 3. The molecule has 0 saturated carbocycles. The van der Waals surface area contributed by atoms with Crippen molar-refractivity contribution in [1.82, 2.24) is 5.32 Å². The van der Waals surface area contributed by atoms with Crippen LogP contribution in [0.5, 0.6) is 0 Å². The average molecular weight is 358 g/mol. The van der Waals surface area contributed by atoms with Crippen LogP contribution in [0.4, 0.5) is 10.5 Å². The summed E-state index contributed by atoms with van der Waals surface area (Å²) in [7, 11) is 0. The molecule has 0 spiro atoms. The van der Waals surface area contributed by atoms with Gasteiger partial charge < -0.3 is 10.6 Å². The van der Waals surface area contributed by atoms with E-state index in [0.717, 1.165) is 14.1 Å². The molecule has 3 nitrogen and oxygen atoms in total. The van der Waals surface area contributed by atoms with E-state index >= 15 is 0 Å². The molecule has 2 amide bonds. The van der Waals surface area contributed by atoms with Gasteiger partial charge in [0.25, 0.3) is 0 Å². The summed E-state index contributed by atoms with van der Waals surface area (Å²) in [5, 5.41) is 7.63. The van der Waals surface area contributed by atoms with Crippen LogP contribution < -0.4 is 10.6 Å². The van der Waals surface area contributed by atoms with Crippen molar-refractivity contribution in [2.24, 2.45) is 0 Å². The topological polar surface area (TPSA) is 41.1 Å². The number of halogens is 1. The van der Waals surface area contributed by atoms with Crippen molar-refractivity contribution in [1.29, 1.82) is 0 Å². The van der Waals surface area contributed by atoms with E-state index in [0.29, 0.717) is 6.54 Å². The standard InChI is InChI=1S/C12H11IN2OS/c13-10-5-1-2-6-11(10)15-12(16)14-8-9-4-3-7-17-9/h1-7H,8H2,(H2,14,15,16). The zero-order valence-electron chi connectivity index (χ0n) is 8.94. The summed E-state index contributed by atoms with van der Waals surface area (Å²) < 4.78 is 1.02. The fourth-order valence-electron chi connectivity index (χ4n) is 1.31. The van der Waals surface area contributed by atoms with Crippen LogP contribution in [0.25, 0.3) is 0 Å². The summed E-state index contributed by atoms with van der Waals surface area (Å²) in [6.07, 6.45) is 0. The maximum absolute atomic E-state index is 11.6. The minimum Gasteiger partial charge on any atom is -0.333 e. The van der Waals surface area contributed by atoms with Crippen LogP contribution >= 0.6 is 33.9 Å². The van der Waals surface area contributed by atoms with E-state index in [2.05, 4.69) is 33.2 Å². The van der Waals surface area contributed by atoms with Gasteiger partial charge in [0.1, 0.15) is 0 Å². The number of hydrogen-bond donors (Lipinski definition) is 2. The van der Waals surface area contributed by atoms with E-state index in [1.807, 2.05) is 41.8 Å². The Hall–Kier alpha value is -1.08. The zero-order valence-corrected chi connectivity index (χ0v) is 11.9. The molecule has 0 bridgehead atoms. The SMILES string of the molecule is O=C(NCc1cccs1)Nc1ccccc1I. The lowest BCUT2D eigenvalue weighted by atomic mass is 10.3. The third kappa shape index (κ3) is 3.71. The minimum atomic E-state index is -0.178. The Kier molecular flexibility index (Phi) is 4.38. The van der Waals surface area contributed by atoms with Crippen molar-refractivity contribution in [2.75, 3.05) is 5.32 Å². The Bertz CT molecular complexity index is 499. The van der Waals surface area contributed by atoms with Crippen molar-refractivity contribution < 1.29 is 4.79 Å². The van der Waals surface area contributed by atoms with Crippen LogP contribution in [0.3, 0.4) is 0 Å². The van der Waals surface area contributed by atoms with Crippen molar-refractivity contribution in [2.45, 2.75) is 6.54 Å². The second-order valence-electron chi connectivity index (χ2n) is 3.37. The van der Waals surface area contributed by atoms with Crippen LogP contribution in [0.2, 0.25) is 0 Å². The molecular formula is C12H11IN2OS. The van der Waals surface area contributed by atoms with E-state index in [9.17, 15) is 4.79 Å². The summed E-state index contributed by atoms with van der Waals surface area (Å²) >= 11 is 3.82. The maximum Gasteiger partial charge on any atom is 0.319 e. The first-order chi connectivity index (χ1) is 8.25. The summed E-state index contributed by atoms with van der Waals surface area (Å²) in [4.78, 5) is 12.8. The number of urea groups is 1. The molecule has 0 radical (unpaired) electrons. The molecule has 0 unspecified atom stereocenters. The normalized spacial score (nSPS) is 9.94. The summed E-state index contributed by atoms with van der Waals surface area (Å²) in [5.41, 5.74) is 0.830. The molecule has 2 rings (SSSR count). The molecule has 2 aromatic rings. The van der Waals surface area contributed by atoms with Crippen molar-refractivity contribution >= 4 is 45.6 Å². The third-order valence-electron chi connectivity index (χ3n) is 2.13. The first-order valence-electron chi connectivity index (χ1n) is 5.07. The monoisotopic (exact) mass is 358 g/mol. The van der Waals surface area contributed by atoms with E-state index < -0.39 is 0 Å². The quantitative estimate of drug-likeness (QED) is 0.808. The highest BCUT2D eigenvalue weighted by Crippen LogP contribution is 2.16. The number of thiophene rings is 1. The van der Waals surface area contributed by atoms with Crippen LogP contribution in [0, 0.1) is 3.57 Å². The summed E-state index contributed by atoms with van der Waals surface area (Å²) in [5.74, 6) is 0. The number of anilines is 1. The number of benzene rings is 1. The Morgan fingerprint density at radius 1 is 1.24 bits per heavy atom. The van der Waals surface area contributed by atoms with Gasteiger partial charge in [0, 0.05) is 8.45 Å². The predicted molar refractivity (Wildman–Crippen MR) is 79.3 cm³/mol. The molecule has 17 heavy (non-hydrogen) atoms. The van der Waals surface area contributed by atoms with Gasteiger partial charge in [-0.25, -0.2) is 4.79 Å². The largest absolute Gasteiger partial charge is 0.333 e. The second kappa shape index (κ2) is 6.02. The second-order valence-corrected chi connectivity index (χ2v) is 5.56. The van der Waals surface area contributed by atoms with Gasteiger partial charge in [-0.1, -0.05) is 18.2 Å². The molecule has 0 aliphatic rings. The van der Waals surface area contributed by atoms with Gasteiger partial charge in [-0.3, -0.25) is 0 Å². The van der Waals surface area contributed by atoms with E-state index in [4.69, 9.17) is 0 Å². The molecule has 2 N–H and O–H groups in total. The van der Waals surface area contributed by atoms with E-state index in [1.54, 1.807) is 11.3 Å². The number of para-hydroxylation sites is 1. The Morgan fingerprint density at radius 2 is 2.06 bits per heavy atom. The molecule has 1 aromatic heterocycles. The number of amides is 2. The first kappa shape index (κ1) is 12.4. The fraction of sp³-hybridized carbons (Fsp3) is 0.0833. The predicted octanol–water partition coefficient (Wildman–Crippen LogP) is 3.67. The maximum atomic E-state index is 11.6. The summed E-state index contributed by atoms with van der Waals surface area (Å²) in [6.45, 7) is 0.562. The lowest BCUT2D eigenvalue weighted by molar-refractivity contribution is 0.252. The van der Waals surface area contributed by atoms with Gasteiger partial charge in [-0.05, 0) is 46.2 Å². The highest BCUT2D eigenvalue weighted by Gasteiger charge is 2.04. The van der Waals surface area contributed by atoms with Gasteiger partial charge in [-0.15, -0.1) is 11.3 Å². The highest BCUT2D eigenvalue weighted by atomic mass is 127. The number of hydrogen-bond acceptors (Lipinski definition) is 2. The number of carbonyl (C=O) groups excluding carboxylic acids is 1. The average Bonchev–Trinajstić information content (AvgIpc) is 2.82. The lowest BCUT2D eigenvalue weighted by Gasteiger charge is -2.08. The Morgan fingerprint density at radius 3 is 2.76 bits per heavy atom. The smallest absolute Gasteiger partial charge is 0.319 e. The molecule has 0 fully saturated rings.